The Morgan fingerprint density at radius 2 is 1.84 bits per heavy atom. The molecule has 32 heavy (non-hydrogen) atoms. The summed E-state index contributed by atoms with van der Waals surface area (Å²) in [6, 6.07) is 4.13. The molecule has 0 spiro atoms. The number of aryl methyl sites for hydroxylation is 1. The maximum absolute atomic E-state index is 13.4. The van der Waals surface area contributed by atoms with Crippen LogP contribution in [0.5, 0.6) is 5.75 Å². The number of hydrogen-bond donors (Lipinski definition) is 3. The molecule has 1 aromatic rings. The van der Waals surface area contributed by atoms with E-state index < -0.39 is 23.6 Å². The molecule has 0 bridgehead atoms. The number of carbonyl (C=O) groups is 3. The summed E-state index contributed by atoms with van der Waals surface area (Å²) in [5, 5.41) is 15.5. The van der Waals surface area contributed by atoms with Crippen LogP contribution in [0.25, 0.3) is 0 Å². The van der Waals surface area contributed by atoms with Crippen LogP contribution in [0, 0.1) is 6.92 Å². The van der Waals surface area contributed by atoms with Crippen molar-refractivity contribution in [3.8, 4) is 5.75 Å². The van der Waals surface area contributed by atoms with Crippen LogP contribution in [-0.2, 0) is 14.3 Å². The molecule has 1 aliphatic carbocycles. The van der Waals surface area contributed by atoms with Crippen molar-refractivity contribution >= 4 is 17.9 Å². The first-order chi connectivity index (χ1) is 15.0. The second kappa shape index (κ2) is 11.2. The maximum Gasteiger partial charge on any atom is 0.408 e. The summed E-state index contributed by atoms with van der Waals surface area (Å²) >= 11 is 0. The molecule has 0 heterocycles. The molecular formula is C24H37N3O5. The average Bonchev–Trinajstić information content (AvgIpc) is 2.71. The Morgan fingerprint density at radius 1 is 1.19 bits per heavy atom. The largest absolute Gasteiger partial charge is 0.508 e. The molecule has 1 aliphatic rings. The van der Waals surface area contributed by atoms with E-state index in [9.17, 15) is 19.5 Å². The highest BCUT2D eigenvalue weighted by molar-refractivity contribution is 5.90. The van der Waals surface area contributed by atoms with Gasteiger partial charge in [-0.3, -0.25) is 9.59 Å². The monoisotopic (exact) mass is 447 g/mol. The van der Waals surface area contributed by atoms with Gasteiger partial charge < -0.3 is 25.4 Å². The lowest BCUT2D eigenvalue weighted by Gasteiger charge is -2.33. The van der Waals surface area contributed by atoms with E-state index in [2.05, 4.69) is 10.6 Å². The number of amides is 3. The molecule has 3 amide bonds. The number of likely N-dealkylation sites (N-methyl/N-ethyl adjacent to an activating group) is 1. The molecule has 8 nitrogen and oxygen atoms in total. The minimum atomic E-state index is -0.867. The molecule has 0 aromatic heterocycles. The highest BCUT2D eigenvalue weighted by Crippen LogP contribution is 2.27. The van der Waals surface area contributed by atoms with Crippen LogP contribution < -0.4 is 10.6 Å². The van der Waals surface area contributed by atoms with Crippen LogP contribution in [0.3, 0.4) is 0 Å². The molecule has 178 valence electrons. The van der Waals surface area contributed by atoms with Gasteiger partial charge in [0.15, 0.2) is 0 Å². The van der Waals surface area contributed by atoms with Crippen molar-refractivity contribution in [1.29, 1.82) is 0 Å². The van der Waals surface area contributed by atoms with E-state index in [0.29, 0.717) is 11.1 Å². The van der Waals surface area contributed by atoms with Crippen LogP contribution in [0.15, 0.2) is 18.2 Å². The lowest BCUT2D eigenvalue weighted by molar-refractivity contribution is -0.140. The molecule has 2 rings (SSSR count). The third-order valence-electron chi connectivity index (χ3n) is 5.49. The van der Waals surface area contributed by atoms with Crippen molar-refractivity contribution in [2.75, 3.05) is 13.1 Å². The Morgan fingerprint density at radius 3 is 2.41 bits per heavy atom. The molecule has 0 aliphatic heterocycles. The van der Waals surface area contributed by atoms with Gasteiger partial charge in [-0.25, -0.2) is 4.79 Å². The van der Waals surface area contributed by atoms with Gasteiger partial charge in [-0.15, -0.1) is 0 Å². The Balaban J connectivity index is 2.22. The highest BCUT2D eigenvalue weighted by Gasteiger charge is 2.32. The van der Waals surface area contributed by atoms with Gasteiger partial charge in [-0.2, -0.15) is 0 Å². The van der Waals surface area contributed by atoms with Gasteiger partial charge in [-0.1, -0.05) is 25.3 Å². The van der Waals surface area contributed by atoms with Crippen molar-refractivity contribution in [2.24, 2.45) is 0 Å². The summed E-state index contributed by atoms with van der Waals surface area (Å²) in [7, 11) is 0. The Labute approximate surface area is 190 Å². The van der Waals surface area contributed by atoms with Crippen LogP contribution >= 0.6 is 0 Å². The second-order valence-corrected chi connectivity index (χ2v) is 9.33. The minimum Gasteiger partial charge on any atom is -0.508 e. The summed E-state index contributed by atoms with van der Waals surface area (Å²) in [6.07, 6.45) is 4.48. The fourth-order valence-corrected chi connectivity index (χ4v) is 3.92. The first-order valence-corrected chi connectivity index (χ1v) is 11.4. The number of alkyl carbamates (subject to hydrolysis) is 1. The van der Waals surface area contributed by atoms with Crippen LogP contribution in [0.1, 0.15) is 77.0 Å². The first kappa shape index (κ1) is 25.5. The SMILES string of the molecule is CCN(C(=O)CNC(=O)OC(C)(C)C)C(C(=O)NC1CCCCC1)c1ccc(O)c(C)c1. The van der Waals surface area contributed by atoms with Crippen molar-refractivity contribution in [1.82, 2.24) is 15.5 Å². The predicted octanol–water partition coefficient (Wildman–Crippen LogP) is 3.56. The van der Waals surface area contributed by atoms with E-state index in [1.54, 1.807) is 46.8 Å². The zero-order valence-corrected chi connectivity index (χ0v) is 19.9. The fraction of sp³-hybridized carbons (Fsp3) is 0.625. The number of rotatable bonds is 7. The van der Waals surface area contributed by atoms with E-state index in [4.69, 9.17) is 4.74 Å². The van der Waals surface area contributed by atoms with Crippen molar-refractivity contribution < 1.29 is 24.2 Å². The molecule has 3 N–H and O–H groups in total. The van der Waals surface area contributed by atoms with Gasteiger partial charge in [-0.05, 0) is 70.7 Å². The first-order valence-electron chi connectivity index (χ1n) is 11.4. The zero-order valence-electron chi connectivity index (χ0n) is 19.9. The smallest absolute Gasteiger partial charge is 0.408 e. The third kappa shape index (κ3) is 7.43. The fourth-order valence-electron chi connectivity index (χ4n) is 3.92. The maximum atomic E-state index is 13.4. The number of phenolic OH excluding ortho intramolecular Hbond substituents is 1. The number of phenols is 1. The van der Waals surface area contributed by atoms with Gasteiger partial charge in [0, 0.05) is 12.6 Å². The second-order valence-electron chi connectivity index (χ2n) is 9.33. The summed E-state index contributed by atoms with van der Waals surface area (Å²) in [4.78, 5) is 39.8. The number of carbonyl (C=O) groups excluding carboxylic acids is 3. The molecule has 1 fully saturated rings. The van der Waals surface area contributed by atoms with Gasteiger partial charge in [0.05, 0.1) is 0 Å². The standard InChI is InChI=1S/C24H37N3O5/c1-6-27(20(29)15-25-23(31)32-24(3,4)5)21(17-12-13-19(28)16(2)14-17)22(30)26-18-10-8-7-9-11-18/h12-14,18,21,28H,6-11,15H2,1-5H3,(H,25,31)(H,26,30). The Kier molecular flexibility index (Phi) is 8.92. The molecule has 1 atom stereocenters. The molecule has 8 heteroatoms. The average molecular weight is 448 g/mol. The number of ether oxygens (including phenoxy) is 1. The number of nitrogens with one attached hydrogen (secondary N) is 2. The van der Waals surface area contributed by atoms with Crippen molar-refractivity contribution in [3.63, 3.8) is 0 Å². The van der Waals surface area contributed by atoms with Crippen LogP contribution in [0.2, 0.25) is 0 Å². The van der Waals surface area contributed by atoms with Gasteiger partial charge >= 0.3 is 6.09 Å². The molecule has 0 radical (unpaired) electrons. The molecule has 1 unspecified atom stereocenters. The van der Waals surface area contributed by atoms with Gasteiger partial charge in [0.1, 0.15) is 23.9 Å². The molecule has 1 saturated carbocycles. The Hall–Kier alpha value is -2.77. The summed E-state index contributed by atoms with van der Waals surface area (Å²) in [6.45, 7) is 8.75. The normalized spacial score (nSPS) is 15.5. The van der Waals surface area contributed by atoms with E-state index in [-0.39, 0.29) is 30.8 Å². The van der Waals surface area contributed by atoms with Gasteiger partial charge in [0.25, 0.3) is 0 Å². The predicted molar refractivity (Wildman–Crippen MR) is 122 cm³/mol. The highest BCUT2D eigenvalue weighted by atomic mass is 16.6. The lowest BCUT2D eigenvalue weighted by atomic mass is 9.94. The molecular weight excluding hydrogens is 410 g/mol. The molecule has 0 saturated heterocycles. The quantitative estimate of drug-likeness (QED) is 0.592. The number of aromatic hydroxyl groups is 1. The van der Waals surface area contributed by atoms with E-state index in [1.807, 2.05) is 0 Å². The zero-order chi connectivity index (χ0) is 23.9. The van der Waals surface area contributed by atoms with E-state index in [0.717, 1.165) is 25.7 Å². The topological polar surface area (TPSA) is 108 Å². The number of benzene rings is 1. The van der Waals surface area contributed by atoms with Crippen LogP contribution in [0.4, 0.5) is 4.79 Å². The summed E-state index contributed by atoms with van der Waals surface area (Å²) in [5.41, 5.74) is 0.554. The van der Waals surface area contributed by atoms with E-state index in [1.165, 1.54) is 17.4 Å². The summed E-state index contributed by atoms with van der Waals surface area (Å²) < 4.78 is 5.20. The molecule has 1 aromatic carbocycles. The minimum absolute atomic E-state index is 0.0886. The summed E-state index contributed by atoms with van der Waals surface area (Å²) in [5.74, 6) is -0.525. The lowest BCUT2D eigenvalue weighted by Crippen LogP contribution is -2.49. The van der Waals surface area contributed by atoms with Crippen LogP contribution in [-0.4, -0.2) is 52.6 Å². The third-order valence-corrected chi connectivity index (χ3v) is 5.49. The number of hydrogen-bond acceptors (Lipinski definition) is 5. The number of nitrogens with zero attached hydrogens (tertiary/aromatic N) is 1. The van der Waals surface area contributed by atoms with Gasteiger partial charge in [0.2, 0.25) is 11.8 Å². The van der Waals surface area contributed by atoms with Crippen molar-refractivity contribution in [3.05, 3.63) is 29.3 Å². The van der Waals surface area contributed by atoms with E-state index >= 15 is 0 Å². The van der Waals surface area contributed by atoms with Crippen molar-refractivity contribution in [2.45, 2.75) is 84.4 Å². The Bertz CT molecular complexity index is 812.